The monoisotopic (exact) mass is 366 g/mol. The summed E-state index contributed by atoms with van der Waals surface area (Å²) in [6.45, 7) is 6.85. The lowest BCUT2D eigenvalue weighted by atomic mass is 10.0. The SMILES string of the molecule is CCC(CC)C(=O)N1CCN(c2nc3ccc(OC)cc3cc2C#N)CC1. The standard InChI is InChI=1S/C21H26N4O2/c1-4-15(5-2)21(26)25-10-8-24(9-11-25)20-17(14-22)12-16-13-18(27-3)6-7-19(16)23-20/h6-7,12-13,15H,4-5,8-11H2,1-3H3. The van der Waals surface area contributed by atoms with Gasteiger partial charge in [-0.25, -0.2) is 4.98 Å². The van der Waals surface area contributed by atoms with Gasteiger partial charge < -0.3 is 14.5 Å². The van der Waals surface area contributed by atoms with Gasteiger partial charge in [0, 0.05) is 37.5 Å². The molecule has 6 heteroatoms. The maximum Gasteiger partial charge on any atom is 0.225 e. The van der Waals surface area contributed by atoms with E-state index in [2.05, 4.69) is 24.8 Å². The summed E-state index contributed by atoms with van der Waals surface area (Å²) < 4.78 is 5.26. The molecule has 3 rings (SSSR count). The Hall–Kier alpha value is -2.81. The Morgan fingerprint density at radius 3 is 2.52 bits per heavy atom. The molecule has 0 bridgehead atoms. The molecule has 0 aliphatic carbocycles. The van der Waals surface area contributed by atoms with E-state index in [1.165, 1.54) is 0 Å². The second kappa shape index (κ2) is 8.26. The zero-order chi connectivity index (χ0) is 19.4. The Morgan fingerprint density at radius 2 is 1.93 bits per heavy atom. The maximum absolute atomic E-state index is 12.6. The van der Waals surface area contributed by atoms with E-state index in [0.717, 1.165) is 29.5 Å². The lowest BCUT2D eigenvalue weighted by molar-refractivity contribution is -0.136. The van der Waals surface area contributed by atoms with Crippen LogP contribution in [0.1, 0.15) is 32.3 Å². The van der Waals surface area contributed by atoms with Crippen molar-refractivity contribution in [3.63, 3.8) is 0 Å². The van der Waals surface area contributed by atoms with E-state index in [0.29, 0.717) is 37.6 Å². The van der Waals surface area contributed by atoms with Gasteiger partial charge in [0.15, 0.2) is 0 Å². The molecule has 6 nitrogen and oxygen atoms in total. The van der Waals surface area contributed by atoms with Gasteiger partial charge >= 0.3 is 0 Å². The van der Waals surface area contributed by atoms with Crippen LogP contribution in [0, 0.1) is 17.2 Å². The number of rotatable bonds is 5. The summed E-state index contributed by atoms with van der Waals surface area (Å²) in [5.74, 6) is 1.80. The normalized spacial score (nSPS) is 14.5. The van der Waals surface area contributed by atoms with Crippen molar-refractivity contribution in [3.05, 3.63) is 29.8 Å². The smallest absolute Gasteiger partial charge is 0.225 e. The Kier molecular flexibility index (Phi) is 5.80. The van der Waals surface area contributed by atoms with Crippen molar-refractivity contribution < 1.29 is 9.53 Å². The van der Waals surface area contributed by atoms with Crippen LogP contribution >= 0.6 is 0 Å². The van der Waals surface area contributed by atoms with E-state index in [-0.39, 0.29) is 11.8 Å². The molecule has 1 aromatic carbocycles. The number of fused-ring (bicyclic) bond motifs is 1. The highest BCUT2D eigenvalue weighted by atomic mass is 16.5. The first-order valence-corrected chi connectivity index (χ1v) is 9.53. The minimum atomic E-state index is 0.111. The van der Waals surface area contributed by atoms with E-state index in [1.807, 2.05) is 29.2 Å². The summed E-state index contributed by atoms with van der Waals surface area (Å²) in [6, 6.07) is 9.80. The van der Waals surface area contributed by atoms with Gasteiger partial charge in [-0.2, -0.15) is 5.26 Å². The zero-order valence-electron chi connectivity index (χ0n) is 16.2. The Labute approximate surface area is 160 Å². The van der Waals surface area contributed by atoms with Gasteiger partial charge in [0.2, 0.25) is 5.91 Å². The first-order chi connectivity index (χ1) is 13.1. The van der Waals surface area contributed by atoms with Crippen LogP contribution in [-0.2, 0) is 4.79 Å². The van der Waals surface area contributed by atoms with Crippen LogP contribution in [0.2, 0.25) is 0 Å². The number of nitriles is 1. The summed E-state index contributed by atoms with van der Waals surface area (Å²) in [5, 5.41) is 10.5. The molecule has 1 aliphatic heterocycles. The first-order valence-electron chi connectivity index (χ1n) is 9.53. The van der Waals surface area contributed by atoms with Gasteiger partial charge in [0.1, 0.15) is 17.6 Å². The van der Waals surface area contributed by atoms with Crippen LogP contribution in [-0.4, -0.2) is 49.1 Å². The van der Waals surface area contributed by atoms with Crippen molar-refractivity contribution in [1.29, 1.82) is 5.26 Å². The number of amides is 1. The molecular formula is C21H26N4O2. The third-order valence-corrected chi connectivity index (χ3v) is 5.35. The van der Waals surface area contributed by atoms with Crippen LogP contribution < -0.4 is 9.64 Å². The average molecular weight is 366 g/mol. The number of benzene rings is 1. The number of piperazine rings is 1. The summed E-state index contributed by atoms with van der Waals surface area (Å²) >= 11 is 0. The van der Waals surface area contributed by atoms with E-state index < -0.39 is 0 Å². The van der Waals surface area contributed by atoms with Crippen LogP contribution in [0.4, 0.5) is 5.82 Å². The largest absolute Gasteiger partial charge is 0.497 e. The van der Waals surface area contributed by atoms with Gasteiger partial charge in [-0.15, -0.1) is 0 Å². The zero-order valence-corrected chi connectivity index (χ0v) is 16.2. The molecule has 0 saturated carbocycles. The maximum atomic E-state index is 12.6. The number of ether oxygens (including phenoxy) is 1. The van der Waals surface area contributed by atoms with Crippen molar-refractivity contribution in [2.24, 2.45) is 5.92 Å². The minimum Gasteiger partial charge on any atom is -0.497 e. The van der Waals surface area contributed by atoms with Gasteiger partial charge in [0.25, 0.3) is 0 Å². The molecule has 27 heavy (non-hydrogen) atoms. The number of carbonyl (C=O) groups is 1. The predicted molar refractivity (Wildman–Crippen MR) is 106 cm³/mol. The van der Waals surface area contributed by atoms with Crippen molar-refractivity contribution in [3.8, 4) is 11.8 Å². The fourth-order valence-electron chi connectivity index (χ4n) is 3.63. The number of anilines is 1. The molecule has 1 saturated heterocycles. The number of hydrogen-bond acceptors (Lipinski definition) is 5. The van der Waals surface area contributed by atoms with Crippen LogP contribution in [0.3, 0.4) is 0 Å². The van der Waals surface area contributed by atoms with Crippen molar-refractivity contribution in [1.82, 2.24) is 9.88 Å². The summed E-state index contributed by atoms with van der Waals surface area (Å²) in [7, 11) is 1.62. The summed E-state index contributed by atoms with van der Waals surface area (Å²) in [6.07, 6.45) is 1.76. The second-order valence-electron chi connectivity index (χ2n) is 6.86. The highest BCUT2D eigenvalue weighted by molar-refractivity contribution is 5.84. The topological polar surface area (TPSA) is 69.5 Å². The van der Waals surface area contributed by atoms with Crippen molar-refractivity contribution >= 4 is 22.6 Å². The molecule has 0 spiro atoms. The van der Waals surface area contributed by atoms with E-state index in [9.17, 15) is 10.1 Å². The number of nitrogens with zero attached hydrogens (tertiary/aromatic N) is 4. The molecule has 142 valence electrons. The minimum absolute atomic E-state index is 0.111. The third-order valence-electron chi connectivity index (χ3n) is 5.35. The van der Waals surface area contributed by atoms with E-state index in [4.69, 9.17) is 9.72 Å². The van der Waals surface area contributed by atoms with Crippen molar-refractivity contribution in [2.75, 3.05) is 38.2 Å². The fourth-order valence-corrected chi connectivity index (χ4v) is 3.63. The van der Waals surface area contributed by atoms with Crippen LogP contribution in [0.25, 0.3) is 10.9 Å². The molecule has 0 unspecified atom stereocenters. The van der Waals surface area contributed by atoms with Gasteiger partial charge in [-0.3, -0.25) is 4.79 Å². The Bertz CT molecular complexity index is 862. The predicted octanol–water partition coefficient (Wildman–Crippen LogP) is 3.20. The van der Waals surface area contributed by atoms with Crippen LogP contribution in [0.15, 0.2) is 24.3 Å². The molecule has 2 heterocycles. The molecule has 0 atom stereocenters. The van der Waals surface area contributed by atoms with Gasteiger partial charge in [0.05, 0.1) is 18.2 Å². The molecule has 0 N–H and O–H groups in total. The lowest BCUT2D eigenvalue weighted by Crippen LogP contribution is -2.50. The quantitative estimate of drug-likeness (QED) is 0.813. The molecule has 1 fully saturated rings. The van der Waals surface area contributed by atoms with Gasteiger partial charge in [-0.05, 0) is 37.1 Å². The molecule has 1 amide bonds. The van der Waals surface area contributed by atoms with Crippen molar-refractivity contribution in [2.45, 2.75) is 26.7 Å². The molecule has 2 aromatic rings. The Balaban J connectivity index is 1.80. The second-order valence-corrected chi connectivity index (χ2v) is 6.86. The third kappa shape index (κ3) is 3.82. The Morgan fingerprint density at radius 1 is 1.22 bits per heavy atom. The molecule has 1 aliphatic rings. The molecule has 1 aromatic heterocycles. The lowest BCUT2D eigenvalue weighted by Gasteiger charge is -2.37. The molecule has 0 radical (unpaired) electrons. The highest BCUT2D eigenvalue weighted by Crippen LogP contribution is 2.27. The fraction of sp³-hybridized carbons (Fsp3) is 0.476. The number of hydrogen-bond donors (Lipinski definition) is 0. The highest BCUT2D eigenvalue weighted by Gasteiger charge is 2.27. The average Bonchev–Trinajstić information content (AvgIpc) is 2.73. The number of pyridine rings is 1. The van der Waals surface area contributed by atoms with Crippen LogP contribution in [0.5, 0.6) is 5.75 Å². The number of carbonyl (C=O) groups excluding carboxylic acids is 1. The van der Waals surface area contributed by atoms with E-state index >= 15 is 0 Å². The van der Waals surface area contributed by atoms with E-state index in [1.54, 1.807) is 7.11 Å². The van der Waals surface area contributed by atoms with Gasteiger partial charge in [-0.1, -0.05) is 13.8 Å². The number of methoxy groups -OCH3 is 1. The first kappa shape index (κ1) is 19.0. The number of aromatic nitrogens is 1. The summed E-state index contributed by atoms with van der Waals surface area (Å²) in [4.78, 5) is 21.4. The summed E-state index contributed by atoms with van der Waals surface area (Å²) in [5.41, 5.74) is 1.39. The molecular weight excluding hydrogens is 340 g/mol.